The predicted octanol–water partition coefficient (Wildman–Crippen LogP) is 11.3. The average Bonchev–Trinajstić information content (AvgIpc) is 3.10. The van der Waals surface area contributed by atoms with Crippen molar-refractivity contribution in [3.05, 3.63) is 48.6 Å². The number of unbranched alkanes of at least 4 members (excludes halogenated alkanes) is 18. The van der Waals surface area contributed by atoms with Crippen molar-refractivity contribution in [3.63, 3.8) is 0 Å². The quantitative estimate of drug-likeness (QED) is 0.0186. The number of rotatable bonds is 37. The Hall–Kier alpha value is -2.03. The van der Waals surface area contributed by atoms with Gasteiger partial charge < -0.3 is 24.4 Å². The van der Waals surface area contributed by atoms with E-state index in [0.717, 1.165) is 38.5 Å². The molecule has 302 valence electrons. The molecule has 10 heteroatoms. The molecule has 0 aromatic heterocycles. The largest absolute Gasteiger partial charge is 0.469 e. The third-order valence-electron chi connectivity index (χ3n) is 8.70. The fourth-order valence-corrected chi connectivity index (χ4v) is 5.95. The zero-order valence-corrected chi connectivity index (χ0v) is 33.7. The van der Waals surface area contributed by atoms with Gasteiger partial charge in [0.25, 0.3) is 0 Å². The lowest BCUT2D eigenvalue weighted by Crippen LogP contribution is -2.29. The predicted molar refractivity (Wildman–Crippen MR) is 213 cm³/mol. The molecule has 0 aliphatic heterocycles. The van der Waals surface area contributed by atoms with E-state index in [1.54, 1.807) is 12.2 Å². The van der Waals surface area contributed by atoms with Gasteiger partial charge in [0.2, 0.25) is 0 Å². The minimum atomic E-state index is -4.80. The Morgan fingerprint density at radius 2 is 1.10 bits per heavy atom. The van der Waals surface area contributed by atoms with Gasteiger partial charge in [0, 0.05) is 12.8 Å². The molecule has 0 unspecified atom stereocenters. The maximum absolute atomic E-state index is 12.4. The van der Waals surface area contributed by atoms with Crippen LogP contribution in [0.4, 0.5) is 0 Å². The highest BCUT2D eigenvalue weighted by Crippen LogP contribution is 2.36. The number of hydrogen-bond donors (Lipinski definition) is 3. The maximum Gasteiger partial charge on any atom is 0.469 e. The molecule has 0 amide bonds. The van der Waals surface area contributed by atoms with E-state index < -0.39 is 38.6 Å². The number of phosphoric acid groups is 1. The van der Waals surface area contributed by atoms with Gasteiger partial charge in [-0.1, -0.05) is 172 Å². The lowest BCUT2D eigenvalue weighted by atomic mass is 10.0. The smallest absolute Gasteiger partial charge is 0.462 e. The van der Waals surface area contributed by atoms with E-state index in [1.807, 2.05) is 12.2 Å². The van der Waals surface area contributed by atoms with Gasteiger partial charge in [-0.15, -0.1) is 0 Å². The summed E-state index contributed by atoms with van der Waals surface area (Å²) in [6.07, 6.45) is 41.5. The summed E-state index contributed by atoms with van der Waals surface area (Å²) in [6.45, 7) is 3.49. The number of allylic oxidation sites excluding steroid dienone is 7. The molecule has 0 saturated carbocycles. The molecule has 0 radical (unpaired) electrons. The first-order chi connectivity index (χ1) is 25.2. The second-order valence-corrected chi connectivity index (χ2v) is 15.1. The van der Waals surface area contributed by atoms with Gasteiger partial charge in [0.05, 0.1) is 12.7 Å². The van der Waals surface area contributed by atoms with Gasteiger partial charge in [-0.2, -0.15) is 0 Å². The molecule has 0 aliphatic rings. The molecule has 0 saturated heterocycles. The minimum absolute atomic E-state index is 0.0395. The van der Waals surface area contributed by atoms with Crippen LogP contribution >= 0.6 is 7.82 Å². The van der Waals surface area contributed by atoms with Crippen molar-refractivity contribution < 1.29 is 43.0 Å². The molecule has 0 rings (SSSR count). The van der Waals surface area contributed by atoms with Crippen LogP contribution in [0.15, 0.2) is 48.6 Å². The number of esters is 2. The van der Waals surface area contributed by atoms with E-state index in [0.29, 0.717) is 19.3 Å². The van der Waals surface area contributed by atoms with Crippen LogP contribution in [0, 0.1) is 0 Å². The average molecular weight is 755 g/mol. The van der Waals surface area contributed by atoms with E-state index in [9.17, 15) is 19.3 Å². The number of hydrogen-bond acceptors (Lipinski definition) is 7. The Bertz CT molecular complexity index is 1000. The molecule has 2 atom stereocenters. The number of aliphatic hydroxyl groups is 1. The Balaban J connectivity index is 4.11. The van der Waals surface area contributed by atoms with Crippen LogP contribution in [0.1, 0.15) is 181 Å². The van der Waals surface area contributed by atoms with E-state index in [-0.39, 0.29) is 19.4 Å². The van der Waals surface area contributed by atoms with Crippen molar-refractivity contribution in [2.45, 2.75) is 193 Å². The first-order valence-electron chi connectivity index (χ1n) is 20.5. The van der Waals surface area contributed by atoms with E-state index >= 15 is 0 Å². The molecule has 0 aromatic carbocycles. The van der Waals surface area contributed by atoms with E-state index in [2.05, 4.69) is 42.7 Å². The number of carbonyl (C=O) groups excluding carboxylic acids is 2. The minimum Gasteiger partial charge on any atom is -0.462 e. The Morgan fingerprint density at radius 1 is 0.596 bits per heavy atom. The van der Waals surface area contributed by atoms with Crippen molar-refractivity contribution in [1.29, 1.82) is 0 Å². The zero-order valence-electron chi connectivity index (χ0n) is 32.8. The van der Waals surface area contributed by atoms with E-state index in [4.69, 9.17) is 19.3 Å². The zero-order chi connectivity index (χ0) is 38.4. The van der Waals surface area contributed by atoms with Gasteiger partial charge in [-0.25, -0.2) is 4.57 Å². The number of ether oxygens (including phenoxy) is 2. The fourth-order valence-electron chi connectivity index (χ4n) is 5.59. The number of aliphatic hydroxyl groups excluding tert-OH is 1. The fraction of sp³-hybridized carbons (Fsp3) is 0.762. The summed E-state index contributed by atoms with van der Waals surface area (Å²) in [5, 5.41) is 10.2. The normalized spacial score (nSPS) is 13.6. The first-order valence-corrected chi connectivity index (χ1v) is 22.1. The summed E-state index contributed by atoms with van der Waals surface area (Å²) in [5.41, 5.74) is 0. The highest BCUT2D eigenvalue weighted by Gasteiger charge is 2.23. The third-order valence-corrected chi connectivity index (χ3v) is 9.19. The van der Waals surface area contributed by atoms with Gasteiger partial charge in [-0.05, 0) is 44.9 Å². The van der Waals surface area contributed by atoms with Crippen LogP contribution in [-0.2, 0) is 28.2 Å². The molecule has 0 aromatic rings. The highest BCUT2D eigenvalue weighted by atomic mass is 31.2. The maximum atomic E-state index is 12.4. The van der Waals surface area contributed by atoms with Crippen LogP contribution in [0.3, 0.4) is 0 Å². The monoisotopic (exact) mass is 755 g/mol. The third kappa shape index (κ3) is 39.2. The Kier molecular flexibility index (Phi) is 35.8. The van der Waals surface area contributed by atoms with Gasteiger partial charge in [-0.3, -0.25) is 14.1 Å². The summed E-state index contributed by atoms with van der Waals surface area (Å²) in [4.78, 5) is 42.8. The van der Waals surface area contributed by atoms with Crippen molar-refractivity contribution in [3.8, 4) is 0 Å². The molecule has 52 heavy (non-hydrogen) atoms. The summed E-state index contributed by atoms with van der Waals surface area (Å²) in [7, 11) is -4.80. The second-order valence-electron chi connectivity index (χ2n) is 13.8. The molecular weight excluding hydrogens is 679 g/mol. The van der Waals surface area contributed by atoms with Crippen LogP contribution in [0.25, 0.3) is 0 Å². The summed E-state index contributed by atoms with van der Waals surface area (Å²) in [5.74, 6) is -1.08. The molecule has 0 bridgehead atoms. The SMILES string of the molecule is CCCCC/C=C\C/C=C\C/C=C\C=C\[C@@H](O)CCCC(=O)OC[C@H](COP(=O)(O)O)OC(=O)CCCCCCCCCCCCCCCCCC. The van der Waals surface area contributed by atoms with Crippen LogP contribution in [0.2, 0.25) is 0 Å². The molecule has 0 aliphatic carbocycles. The van der Waals surface area contributed by atoms with Crippen molar-refractivity contribution >= 4 is 19.8 Å². The summed E-state index contributed by atoms with van der Waals surface area (Å²) >= 11 is 0. The number of phosphoric ester groups is 1. The first kappa shape index (κ1) is 50.0. The molecule has 0 fully saturated rings. The van der Waals surface area contributed by atoms with Crippen LogP contribution in [-0.4, -0.2) is 52.3 Å². The summed E-state index contributed by atoms with van der Waals surface area (Å²) in [6, 6.07) is 0. The topological polar surface area (TPSA) is 140 Å². The standard InChI is InChI=1S/C42H75O9P/c1-3-5-7-9-11-13-15-17-18-19-21-23-25-27-29-31-35-42(45)51-40(38-50-52(46,47)48)37-49-41(44)36-32-34-39(43)33-30-28-26-24-22-20-16-14-12-10-8-6-4-2/h12,14,20,22,26,28,30,33,39-40,43H,3-11,13,15-19,21,23-25,27,29,31-32,34-38H2,1-2H3,(H2,46,47,48)/b14-12-,22-20-,28-26-,33-30+/t39-,40-/m1/s1. The molecule has 0 heterocycles. The highest BCUT2D eigenvalue weighted by molar-refractivity contribution is 7.46. The second kappa shape index (κ2) is 37.3. The lowest BCUT2D eigenvalue weighted by Gasteiger charge is -2.18. The molecule has 9 nitrogen and oxygen atoms in total. The number of carbonyl (C=O) groups is 2. The van der Waals surface area contributed by atoms with Gasteiger partial charge in [0.1, 0.15) is 6.61 Å². The molecule has 0 spiro atoms. The van der Waals surface area contributed by atoms with Gasteiger partial charge in [0.15, 0.2) is 6.10 Å². The Labute approximate surface area is 317 Å². The summed E-state index contributed by atoms with van der Waals surface area (Å²) < 4.78 is 26.2. The Morgan fingerprint density at radius 3 is 1.67 bits per heavy atom. The van der Waals surface area contributed by atoms with Crippen LogP contribution < -0.4 is 0 Å². The van der Waals surface area contributed by atoms with Gasteiger partial charge >= 0.3 is 19.8 Å². The van der Waals surface area contributed by atoms with E-state index in [1.165, 1.54) is 96.3 Å². The van der Waals surface area contributed by atoms with Crippen LogP contribution in [0.5, 0.6) is 0 Å². The lowest BCUT2D eigenvalue weighted by molar-refractivity contribution is -0.161. The molecular formula is C42H75O9P. The molecule has 3 N–H and O–H groups in total. The van der Waals surface area contributed by atoms with Crippen molar-refractivity contribution in [2.24, 2.45) is 0 Å². The van der Waals surface area contributed by atoms with Crippen molar-refractivity contribution in [2.75, 3.05) is 13.2 Å². The van der Waals surface area contributed by atoms with Crippen molar-refractivity contribution in [1.82, 2.24) is 0 Å².